The Morgan fingerprint density at radius 1 is 1.83 bits per heavy atom. The van der Waals surface area contributed by atoms with Crippen LogP contribution in [0.2, 0.25) is 0 Å². The van der Waals surface area contributed by atoms with Crippen LogP contribution >= 0.6 is 0 Å². The lowest BCUT2D eigenvalue weighted by molar-refractivity contribution is 0.343. The van der Waals surface area contributed by atoms with Gasteiger partial charge in [0.15, 0.2) is 0 Å². The van der Waals surface area contributed by atoms with Crippen molar-refractivity contribution in [1.29, 1.82) is 0 Å². The average molecular weight is 166 g/mol. The number of rotatable bonds is 3. The Morgan fingerprint density at radius 2 is 2.58 bits per heavy atom. The molecule has 1 atom stereocenters. The molecule has 3 nitrogen and oxygen atoms in total. The summed E-state index contributed by atoms with van der Waals surface area (Å²) in [6.45, 7) is 5.46. The highest BCUT2D eigenvalue weighted by Crippen LogP contribution is 2.20. The lowest BCUT2D eigenvalue weighted by Crippen LogP contribution is -2.27. The smallest absolute Gasteiger partial charge is 0.235 e. The highest BCUT2D eigenvalue weighted by atomic mass is 16.1. The number of hydrogen-bond donors (Lipinski definition) is 0. The van der Waals surface area contributed by atoms with E-state index in [4.69, 9.17) is 0 Å². The zero-order valence-corrected chi connectivity index (χ0v) is 7.42. The lowest BCUT2D eigenvalue weighted by atomic mass is 10.1. The van der Waals surface area contributed by atoms with Gasteiger partial charge in [-0.2, -0.15) is 0 Å². The molecule has 1 unspecified atom stereocenters. The molecule has 1 fully saturated rings. The first-order chi connectivity index (χ1) is 5.75. The van der Waals surface area contributed by atoms with Crippen molar-refractivity contribution < 1.29 is 4.79 Å². The lowest BCUT2D eigenvalue weighted by Gasteiger charge is -2.20. The summed E-state index contributed by atoms with van der Waals surface area (Å²) in [5.41, 5.74) is 1.03. The van der Waals surface area contributed by atoms with Crippen molar-refractivity contribution >= 4 is 6.08 Å². The number of nitrogens with zero attached hydrogens (tertiary/aromatic N) is 2. The summed E-state index contributed by atoms with van der Waals surface area (Å²) in [6, 6.07) is 0.419. The standard InChI is InChI=1S/C9H14N2O/c1-8(6-10-7-12)9-4-3-5-11(9)2/h9H,1,3-6H2,2H3. The van der Waals surface area contributed by atoms with Gasteiger partial charge in [0.1, 0.15) is 0 Å². The van der Waals surface area contributed by atoms with Crippen LogP contribution in [0, 0.1) is 0 Å². The number of aliphatic imine (C=N–C) groups is 1. The molecule has 0 bridgehead atoms. The average Bonchev–Trinajstić information content (AvgIpc) is 2.47. The van der Waals surface area contributed by atoms with Crippen molar-refractivity contribution in [2.75, 3.05) is 20.1 Å². The number of carbonyl (C=O) groups excluding carboxylic acids is 1. The van der Waals surface area contributed by atoms with Crippen LogP contribution in [0.3, 0.4) is 0 Å². The topological polar surface area (TPSA) is 32.7 Å². The number of isocyanates is 1. The Bertz CT molecular complexity index is 219. The second-order valence-electron chi connectivity index (χ2n) is 3.20. The van der Waals surface area contributed by atoms with Crippen LogP contribution in [0.25, 0.3) is 0 Å². The SMILES string of the molecule is C=C(CN=C=O)C1CCCN1C. The van der Waals surface area contributed by atoms with E-state index in [0.29, 0.717) is 12.6 Å². The third-order valence-corrected chi connectivity index (χ3v) is 2.34. The Morgan fingerprint density at radius 3 is 3.08 bits per heavy atom. The van der Waals surface area contributed by atoms with E-state index >= 15 is 0 Å². The van der Waals surface area contributed by atoms with Crippen molar-refractivity contribution in [3.8, 4) is 0 Å². The second-order valence-corrected chi connectivity index (χ2v) is 3.20. The summed E-state index contributed by atoms with van der Waals surface area (Å²) < 4.78 is 0. The van der Waals surface area contributed by atoms with E-state index in [1.165, 1.54) is 12.5 Å². The van der Waals surface area contributed by atoms with E-state index in [-0.39, 0.29) is 0 Å². The number of likely N-dealkylation sites (N-methyl/N-ethyl adjacent to an activating group) is 1. The van der Waals surface area contributed by atoms with Gasteiger partial charge in [0.2, 0.25) is 6.08 Å². The Labute approximate surface area is 72.8 Å². The highest BCUT2D eigenvalue weighted by Gasteiger charge is 2.22. The molecule has 0 saturated carbocycles. The minimum absolute atomic E-state index is 0.419. The largest absolute Gasteiger partial charge is 0.300 e. The summed E-state index contributed by atoms with van der Waals surface area (Å²) in [5, 5.41) is 0. The van der Waals surface area contributed by atoms with Gasteiger partial charge < -0.3 is 0 Å². The van der Waals surface area contributed by atoms with E-state index in [9.17, 15) is 4.79 Å². The van der Waals surface area contributed by atoms with Gasteiger partial charge in [0, 0.05) is 6.04 Å². The molecular weight excluding hydrogens is 152 g/mol. The molecular formula is C9H14N2O. The zero-order chi connectivity index (χ0) is 8.97. The van der Waals surface area contributed by atoms with Gasteiger partial charge in [0.05, 0.1) is 6.54 Å². The van der Waals surface area contributed by atoms with Crippen molar-refractivity contribution in [3.63, 3.8) is 0 Å². The summed E-state index contributed by atoms with van der Waals surface area (Å²) in [5.74, 6) is 0. The van der Waals surface area contributed by atoms with Gasteiger partial charge in [-0.15, -0.1) is 0 Å². The van der Waals surface area contributed by atoms with Crippen LogP contribution in [0.15, 0.2) is 17.1 Å². The van der Waals surface area contributed by atoms with Crippen molar-refractivity contribution in [2.24, 2.45) is 4.99 Å². The summed E-state index contributed by atoms with van der Waals surface area (Å²) in [7, 11) is 2.08. The maximum Gasteiger partial charge on any atom is 0.235 e. The fourth-order valence-corrected chi connectivity index (χ4v) is 1.67. The van der Waals surface area contributed by atoms with Crippen molar-refractivity contribution in [3.05, 3.63) is 12.2 Å². The van der Waals surface area contributed by atoms with Crippen molar-refractivity contribution in [2.45, 2.75) is 18.9 Å². The molecule has 3 heteroatoms. The van der Waals surface area contributed by atoms with Gasteiger partial charge in [-0.1, -0.05) is 6.58 Å². The summed E-state index contributed by atoms with van der Waals surface area (Å²) in [6.07, 6.45) is 3.89. The Hall–Kier alpha value is -0.920. The molecule has 1 rings (SSSR count). The molecule has 0 radical (unpaired) electrons. The molecule has 66 valence electrons. The van der Waals surface area contributed by atoms with Gasteiger partial charge in [-0.3, -0.25) is 4.90 Å². The highest BCUT2D eigenvalue weighted by molar-refractivity contribution is 5.34. The summed E-state index contributed by atoms with van der Waals surface area (Å²) in [4.78, 5) is 15.6. The van der Waals surface area contributed by atoms with Crippen LogP contribution in [0.4, 0.5) is 0 Å². The minimum Gasteiger partial charge on any atom is -0.300 e. The molecule has 0 amide bonds. The molecule has 0 N–H and O–H groups in total. The zero-order valence-electron chi connectivity index (χ0n) is 7.42. The Kier molecular flexibility index (Phi) is 3.20. The monoisotopic (exact) mass is 166 g/mol. The van der Waals surface area contributed by atoms with Crippen molar-refractivity contribution in [1.82, 2.24) is 4.90 Å². The van der Waals surface area contributed by atoms with Crippen LogP contribution in [0.1, 0.15) is 12.8 Å². The third-order valence-electron chi connectivity index (χ3n) is 2.34. The van der Waals surface area contributed by atoms with E-state index in [1.807, 2.05) is 0 Å². The normalized spacial score (nSPS) is 23.6. The molecule has 0 aromatic rings. The molecule has 0 spiro atoms. The Balaban J connectivity index is 2.46. The van der Waals surface area contributed by atoms with Crippen LogP contribution in [0.5, 0.6) is 0 Å². The predicted molar refractivity (Wildman–Crippen MR) is 47.8 cm³/mol. The van der Waals surface area contributed by atoms with E-state index < -0.39 is 0 Å². The molecule has 0 aromatic heterocycles. The molecule has 12 heavy (non-hydrogen) atoms. The van der Waals surface area contributed by atoms with Crippen LogP contribution in [-0.2, 0) is 4.79 Å². The molecule has 1 aliphatic heterocycles. The van der Waals surface area contributed by atoms with Crippen LogP contribution < -0.4 is 0 Å². The number of hydrogen-bond acceptors (Lipinski definition) is 3. The fourth-order valence-electron chi connectivity index (χ4n) is 1.67. The third kappa shape index (κ3) is 2.03. The first-order valence-corrected chi connectivity index (χ1v) is 4.17. The molecule has 1 heterocycles. The van der Waals surface area contributed by atoms with E-state index in [2.05, 4.69) is 23.5 Å². The van der Waals surface area contributed by atoms with E-state index in [1.54, 1.807) is 0 Å². The maximum absolute atomic E-state index is 9.86. The van der Waals surface area contributed by atoms with Gasteiger partial charge in [-0.05, 0) is 32.0 Å². The van der Waals surface area contributed by atoms with E-state index in [0.717, 1.165) is 18.5 Å². The minimum atomic E-state index is 0.419. The number of likely N-dealkylation sites (tertiary alicyclic amines) is 1. The fraction of sp³-hybridized carbons (Fsp3) is 0.667. The van der Waals surface area contributed by atoms with Gasteiger partial charge >= 0.3 is 0 Å². The predicted octanol–water partition coefficient (Wildman–Crippen LogP) is 0.973. The quantitative estimate of drug-likeness (QED) is 0.355. The summed E-state index contributed by atoms with van der Waals surface area (Å²) >= 11 is 0. The van der Waals surface area contributed by atoms with Gasteiger partial charge in [-0.25, -0.2) is 9.79 Å². The van der Waals surface area contributed by atoms with Gasteiger partial charge in [0.25, 0.3) is 0 Å². The second kappa shape index (κ2) is 4.19. The first kappa shape index (κ1) is 9.17. The molecule has 1 saturated heterocycles. The molecule has 1 aliphatic rings. The molecule has 0 aromatic carbocycles. The van der Waals surface area contributed by atoms with Crippen LogP contribution in [-0.4, -0.2) is 37.2 Å². The maximum atomic E-state index is 9.86. The molecule has 0 aliphatic carbocycles. The first-order valence-electron chi connectivity index (χ1n) is 4.17.